The van der Waals surface area contributed by atoms with E-state index in [1.165, 1.54) is 5.56 Å². The molecule has 0 saturated carbocycles. The number of rotatable bonds is 4. The predicted octanol–water partition coefficient (Wildman–Crippen LogP) is 2.90. The second kappa shape index (κ2) is 6.41. The maximum Gasteiger partial charge on any atom is 0.234 e. The Morgan fingerprint density at radius 1 is 1.43 bits per heavy atom. The Labute approximate surface area is 128 Å². The van der Waals surface area contributed by atoms with E-state index in [0.29, 0.717) is 12.5 Å². The number of nitrogens with zero attached hydrogens (tertiary/aromatic N) is 3. The van der Waals surface area contributed by atoms with E-state index in [0.717, 1.165) is 18.9 Å². The third kappa shape index (κ3) is 3.51. The van der Waals surface area contributed by atoms with Gasteiger partial charge in [0.1, 0.15) is 6.10 Å². The highest BCUT2D eigenvalue weighted by molar-refractivity contribution is 7.07. The summed E-state index contributed by atoms with van der Waals surface area (Å²) in [5.41, 5.74) is 1.23. The highest BCUT2D eigenvalue weighted by Gasteiger charge is 2.23. The van der Waals surface area contributed by atoms with Crippen LogP contribution in [0.15, 0.2) is 29.2 Å². The summed E-state index contributed by atoms with van der Waals surface area (Å²) in [6.45, 7) is 6.26. The molecule has 1 saturated heterocycles. The van der Waals surface area contributed by atoms with Crippen molar-refractivity contribution in [3.63, 3.8) is 0 Å². The minimum atomic E-state index is 0.0952. The fraction of sp³-hybridized carbons (Fsp3) is 0.467. The first-order valence-corrected chi connectivity index (χ1v) is 8.04. The molecule has 1 unspecified atom stereocenters. The molecule has 2 aromatic rings. The molecule has 3 heterocycles. The number of morpholine rings is 1. The van der Waals surface area contributed by atoms with E-state index < -0.39 is 0 Å². The number of ether oxygens (including phenoxy) is 2. The molecule has 1 fully saturated rings. The molecule has 6 heteroatoms. The fourth-order valence-electron chi connectivity index (χ4n) is 2.31. The summed E-state index contributed by atoms with van der Waals surface area (Å²) in [7, 11) is 0. The molecule has 0 amide bonds. The van der Waals surface area contributed by atoms with Crippen molar-refractivity contribution in [1.82, 2.24) is 9.97 Å². The van der Waals surface area contributed by atoms with Gasteiger partial charge in [0.15, 0.2) is 5.82 Å². The third-order valence-electron chi connectivity index (χ3n) is 3.26. The first-order valence-electron chi connectivity index (χ1n) is 7.09. The summed E-state index contributed by atoms with van der Waals surface area (Å²) in [6.07, 6.45) is 3.63. The van der Waals surface area contributed by atoms with E-state index in [1.54, 1.807) is 23.7 Å². The van der Waals surface area contributed by atoms with Gasteiger partial charge in [-0.05, 0) is 36.2 Å². The van der Waals surface area contributed by atoms with E-state index in [2.05, 4.69) is 31.7 Å². The lowest BCUT2D eigenvalue weighted by Gasteiger charge is -2.33. The number of hydrogen-bond acceptors (Lipinski definition) is 6. The Morgan fingerprint density at radius 3 is 3.10 bits per heavy atom. The molecule has 112 valence electrons. The van der Waals surface area contributed by atoms with Crippen LogP contribution in [0, 0.1) is 0 Å². The second-order valence-electron chi connectivity index (χ2n) is 5.24. The zero-order valence-corrected chi connectivity index (χ0v) is 13.0. The van der Waals surface area contributed by atoms with E-state index in [4.69, 9.17) is 9.47 Å². The topological polar surface area (TPSA) is 47.5 Å². The monoisotopic (exact) mass is 305 g/mol. The van der Waals surface area contributed by atoms with E-state index in [9.17, 15) is 0 Å². The summed E-state index contributed by atoms with van der Waals surface area (Å²) >= 11 is 1.69. The third-order valence-corrected chi connectivity index (χ3v) is 3.96. The number of aromatic nitrogens is 2. The second-order valence-corrected chi connectivity index (χ2v) is 6.02. The van der Waals surface area contributed by atoms with Gasteiger partial charge in [-0.1, -0.05) is 0 Å². The van der Waals surface area contributed by atoms with Crippen LogP contribution in [0.2, 0.25) is 0 Å². The van der Waals surface area contributed by atoms with Gasteiger partial charge in [-0.3, -0.25) is 4.98 Å². The number of anilines is 1. The largest absolute Gasteiger partial charge is 0.474 e. The smallest absolute Gasteiger partial charge is 0.234 e. The van der Waals surface area contributed by atoms with Gasteiger partial charge in [0, 0.05) is 13.1 Å². The maximum atomic E-state index is 5.85. The highest BCUT2D eigenvalue weighted by atomic mass is 32.1. The molecule has 0 aliphatic carbocycles. The SMILES string of the molecule is CC(C)Oc1cncc(N2CCOC(c3ccsc3)C2)n1. The summed E-state index contributed by atoms with van der Waals surface area (Å²) in [5, 5.41) is 4.21. The van der Waals surface area contributed by atoms with Gasteiger partial charge in [0.05, 0.1) is 25.1 Å². The average Bonchev–Trinajstić information content (AvgIpc) is 3.01. The van der Waals surface area contributed by atoms with Crippen LogP contribution in [-0.4, -0.2) is 35.8 Å². The molecule has 21 heavy (non-hydrogen) atoms. The van der Waals surface area contributed by atoms with Crippen molar-refractivity contribution in [2.45, 2.75) is 26.1 Å². The van der Waals surface area contributed by atoms with Crippen LogP contribution in [0.25, 0.3) is 0 Å². The Balaban J connectivity index is 1.74. The van der Waals surface area contributed by atoms with Crippen LogP contribution in [0.4, 0.5) is 5.82 Å². The lowest BCUT2D eigenvalue weighted by atomic mass is 10.1. The van der Waals surface area contributed by atoms with Gasteiger partial charge in [0.2, 0.25) is 5.88 Å². The van der Waals surface area contributed by atoms with Gasteiger partial charge in [-0.15, -0.1) is 0 Å². The summed E-state index contributed by atoms with van der Waals surface area (Å²) < 4.78 is 11.5. The van der Waals surface area contributed by atoms with Gasteiger partial charge >= 0.3 is 0 Å². The molecule has 2 aromatic heterocycles. The number of hydrogen-bond donors (Lipinski definition) is 0. The van der Waals surface area contributed by atoms with Crippen molar-refractivity contribution in [2.75, 3.05) is 24.6 Å². The molecule has 0 N–H and O–H groups in total. The van der Waals surface area contributed by atoms with E-state index in [1.807, 2.05) is 13.8 Å². The van der Waals surface area contributed by atoms with E-state index >= 15 is 0 Å². The van der Waals surface area contributed by atoms with Crippen LogP contribution in [0.3, 0.4) is 0 Å². The predicted molar refractivity (Wildman–Crippen MR) is 83.0 cm³/mol. The van der Waals surface area contributed by atoms with Crippen LogP contribution in [-0.2, 0) is 4.74 Å². The van der Waals surface area contributed by atoms with Gasteiger partial charge in [-0.2, -0.15) is 16.3 Å². The molecular weight excluding hydrogens is 286 g/mol. The Bertz CT molecular complexity index is 574. The zero-order valence-electron chi connectivity index (χ0n) is 12.2. The van der Waals surface area contributed by atoms with Crippen LogP contribution < -0.4 is 9.64 Å². The van der Waals surface area contributed by atoms with Crippen molar-refractivity contribution < 1.29 is 9.47 Å². The normalized spacial score (nSPS) is 19.0. The Kier molecular flexibility index (Phi) is 4.36. The Morgan fingerprint density at radius 2 is 2.33 bits per heavy atom. The van der Waals surface area contributed by atoms with Gasteiger partial charge < -0.3 is 14.4 Å². The highest BCUT2D eigenvalue weighted by Crippen LogP contribution is 2.27. The average molecular weight is 305 g/mol. The first-order chi connectivity index (χ1) is 10.2. The molecule has 0 bridgehead atoms. The van der Waals surface area contributed by atoms with Crippen molar-refractivity contribution in [3.05, 3.63) is 34.8 Å². The van der Waals surface area contributed by atoms with Crippen LogP contribution >= 0.6 is 11.3 Å². The fourth-order valence-corrected chi connectivity index (χ4v) is 3.01. The lowest BCUT2D eigenvalue weighted by molar-refractivity contribution is 0.0397. The molecule has 1 atom stereocenters. The number of thiophene rings is 1. The molecule has 0 radical (unpaired) electrons. The molecule has 5 nitrogen and oxygen atoms in total. The maximum absolute atomic E-state index is 5.85. The first kappa shape index (κ1) is 14.3. The summed E-state index contributed by atoms with van der Waals surface area (Å²) in [4.78, 5) is 11.0. The van der Waals surface area contributed by atoms with E-state index in [-0.39, 0.29) is 12.2 Å². The zero-order chi connectivity index (χ0) is 14.7. The van der Waals surface area contributed by atoms with Crippen molar-refractivity contribution in [2.24, 2.45) is 0 Å². The van der Waals surface area contributed by atoms with Crippen molar-refractivity contribution >= 4 is 17.2 Å². The quantitative estimate of drug-likeness (QED) is 0.869. The molecule has 3 rings (SSSR count). The molecule has 0 spiro atoms. The standard InChI is InChI=1S/C15H19N3O2S/c1-11(2)20-15-8-16-7-14(17-15)18-4-5-19-13(9-18)12-3-6-21-10-12/h3,6-8,10-11,13H,4-5,9H2,1-2H3. The lowest BCUT2D eigenvalue weighted by Crippen LogP contribution is -2.38. The van der Waals surface area contributed by atoms with Gasteiger partial charge in [-0.25, -0.2) is 0 Å². The van der Waals surface area contributed by atoms with Crippen LogP contribution in [0.1, 0.15) is 25.5 Å². The van der Waals surface area contributed by atoms with Crippen LogP contribution in [0.5, 0.6) is 5.88 Å². The summed E-state index contributed by atoms with van der Waals surface area (Å²) in [6, 6.07) is 2.11. The molecule has 1 aliphatic heterocycles. The van der Waals surface area contributed by atoms with Crippen molar-refractivity contribution in [1.29, 1.82) is 0 Å². The summed E-state index contributed by atoms with van der Waals surface area (Å²) in [5.74, 6) is 1.41. The minimum Gasteiger partial charge on any atom is -0.474 e. The van der Waals surface area contributed by atoms with Crippen molar-refractivity contribution in [3.8, 4) is 5.88 Å². The minimum absolute atomic E-state index is 0.0952. The molecular formula is C15H19N3O2S. The molecule has 1 aliphatic rings. The molecule has 0 aromatic carbocycles. The Hall–Kier alpha value is -1.66. The van der Waals surface area contributed by atoms with Gasteiger partial charge in [0.25, 0.3) is 0 Å².